The summed E-state index contributed by atoms with van der Waals surface area (Å²) in [4.78, 5) is 28.5. The number of imidazole rings is 1. The average Bonchev–Trinajstić information content (AvgIpc) is 2.89. The molecule has 0 aromatic carbocycles. The number of aryl methyl sites for hydroxylation is 1. The zero-order valence-corrected chi connectivity index (χ0v) is 12.9. The van der Waals surface area contributed by atoms with Crippen LogP contribution in [0.1, 0.15) is 18.3 Å². The molecule has 0 spiro atoms. The molecule has 2 heterocycles. The van der Waals surface area contributed by atoms with Gasteiger partial charge in [0.15, 0.2) is 0 Å². The first-order chi connectivity index (χ1) is 10.4. The maximum Gasteiger partial charge on any atom is 0.317 e. The Bertz CT molecular complexity index is 695. The average molecular weight is 304 g/mol. The SMILES string of the molecule is Cc1cccc2nc(CNC(=O)N(C)CC(C)C(=O)O)cn12. The zero-order chi connectivity index (χ0) is 16.3. The van der Waals surface area contributed by atoms with E-state index in [2.05, 4.69) is 10.3 Å². The standard InChI is InChI=1S/C15H20N4O3/c1-10(14(20)21)8-18(3)15(22)16-7-12-9-19-11(2)5-4-6-13(19)17-12/h4-6,9-10H,7-8H2,1-3H3,(H,16,22)(H,20,21). The summed E-state index contributed by atoms with van der Waals surface area (Å²) in [6.45, 7) is 4.01. The van der Waals surface area contributed by atoms with Gasteiger partial charge in [-0.3, -0.25) is 4.79 Å². The van der Waals surface area contributed by atoms with Gasteiger partial charge in [-0.15, -0.1) is 0 Å². The van der Waals surface area contributed by atoms with Gasteiger partial charge in [0.2, 0.25) is 0 Å². The molecule has 118 valence electrons. The van der Waals surface area contributed by atoms with Crippen LogP contribution in [-0.2, 0) is 11.3 Å². The van der Waals surface area contributed by atoms with E-state index in [4.69, 9.17) is 5.11 Å². The van der Waals surface area contributed by atoms with Gasteiger partial charge in [0.25, 0.3) is 0 Å². The Labute approximate surface area is 128 Å². The van der Waals surface area contributed by atoms with Crippen molar-refractivity contribution in [3.63, 3.8) is 0 Å². The highest BCUT2D eigenvalue weighted by Gasteiger charge is 2.17. The van der Waals surface area contributed by atoms with Gasteiger partial charge >= 0.3 is 12.0 Å². The lowest BCUT2D eigenvalue weighted by Crippen LogP contribution is -2.40. The number of pyridine rings is 1. The summed E-state index contributed by atoms with van der Waals surface area (Å²) in [6.07, 6.45) is 1.88. The van der Waals surface area contributed by atoms with Gasteiger partial charge in [-0.2, -0.15) is 0 Å². The van der Waals surface area contributed by atoms with E-state index in [1.165, 1.54) is 4.90 Å². The highest BCUT2D eigenvalue weighted by molar-refractivity contribution is 5.75. The maximum absolute atomic E-state index is 11.9. The number of aliphatic carboxylic acids is 1. The minimum Gasteiger partial charge on any atom is -0.481 e. The molecular formula is C15H20N4O3. The summed E-state index contributed by atoms with van der Waals surface area (Å²) < 4.78 is 1.96. The molecule has 0 radical (unpaired) electrons. The topological polar surface area (TPSA) is 86.9 Å². The third-order valence-corrected chi connectivity index (χ3v) is 3.48. The molecule has 0 bridgehead atoms. The van der Waals surface area contributed by atoms with Crippen molar-refractivity contribution in [2.45, 2.75) is 20.4 Å². The second kappa shape index (κ2) is 6.46. The molecule has 22 heavy (non-hydrogen) atoms. The number of amides is 2. The number of nitrogens with one attached hydrogen (secondary N) is 1. The van der Waals surface area contributed by atoms with Crippen LogP contribution in [0.2, 0.25) is 0 Å². The molecule has 0 aliphatic carbocycles. The lowest BCUT2D eigenvalue weighted by molar-refractivity contribution is -0.141. The van der Waals surface area contributed by atoms with Crippen LogP contribution in [0.15, 0.2) is 24.4 Å². The van der Waals surface area contributed by atoms with Crippen molar-refractivity contribution in [2.75, 3.05) is 13.6 Å². The Balaban J connectivity index is 1.95. The molecule has 7 heteroatoms. The van der Waals surface area contributed by atoms with Crippen LogP contribution in [-0.4, -0.2) is 45.0 Å². The summed E-state index contributed by atoms with van der Waals surface area (Å²) in [5.41, 5.74) is 2.65. The van der Waals surface area contributed by atoms with E-state index in [1.807, 2.05) is 35.7 Å². The Hall–Kier alpha value is -2.57. The first kappa shape index (κ1) is 15.8. The van der Waals surface area contributed by atoms with Crippen molar-refractivity contribution < 1.29 is 14.7 Å². The Morgan fingerprint density at radius 1 is 1.45 bits per heavy atom. The number of fused-ring (bicyclic) bond motifs is 1. The third-order valence-electron chi connectivity index (χ3n) is 3.48. The van der Waals surface area contributed by atoms with Crippen molar-refractivity contribution in [2.24, 2.45) is 5.92 Å². The third kappa shape index (κ3) is 3.55. The number of rotatable bonds is 5. The molecule has 2 aromatic heterocycles. The fourth-order valence-electron chi connectivity index (χ4n) is 2.16. The largest absolute Gasteiger partial charge is 0.481 e. The molecule has 2 amide bonds. The van der Waals surface area contributed by atoms with Crippen molar-refractivity contribution in [1.29, 1.82) is 0 Å². The summed E-state index contributed by atoms with van der Waals surface area (Å²) in [5.74, 6) is -1.52. The normalized spacial score (nSPS) is 12.1. The number of hydrogen-bond donors (Lipinski definition) is 2. The van der Waals surface area contributed by atoms with Crippen LogP contribution >= 0.6 is 0 Å². The number of carboxylic acid groups (broad SMARTS) is 1. The maximum atomic E-state index is 11.9. The zero-order valence-electron chi connectivity index (χ0n) is 12.9. The van der Waals surface area contributed by atoms with E-state index in [1.54, 1.807) is 14.0 Å². The van der Waals surface area contributed by atoms with Gasteiger partial charge in [-0.05, 0) is 19.1 Å². The van der Waals surface area contributed by atoms with Crippen LogP contribution in [0.25, 0.3) is 5.65 Å². The predicted molar refractivity (Wildman–Crippen MR) is 81.6 cm³/mol. The molecule has 0 saturated carbocycles. The Morgan fingerprint density at radius 3 is 2.82 bits per heavy atom. The van der Waals surface area contributed by atoms with Gasteiger partial charge in [0.05, 0.1) is 18.2 Å². The predicted octanol–water partition coefficient (Wildman–Crippen LogP) is 1.50. The number of urea groups is 1. The molecule has 2 rings (SSSR count). The number of nitrogens with zero attached hydrogens (tertiary/aromatic N) is 3. The van der Waals surface area contributed by atoms with Gasteiger partial charge in [0.1, 0.15) is 5.65 Å². The number of carbonyl (C=O) groups excluding carboxylic acids is 1. The van der Waals surface area contributed by atoms with E-state index in [-0.39, 0.29) is 12.6 Å². The number of carbonyl (C=O) groups is 2. The molecule has 0 aliphatic heterocycles. The highest BCUT2D eigenvalue weighted by Crippen LogP contribution is 2.08. The Morgan fingerprint density at radius 2 is 2.18 bits per heavy atom. The first-order valence-electron chi connectivity index (χ1n) is 7.04. The minimum atomic E-state index is -0.921. The smallest absolute Gasteiger partial charge is 0.317 e. The minimum absolute atomic E-state index is 0.158. The van der Waals surface area contributed by atoms with Crippen LogP contribution in [0.4, 0.5) is 4.79 Å². The first-order valence-corrected chi connectivity index (χ1v) is 7.04. The van der Waals surface area contributed by atoms with Crippen molar-refractivity contribution >= 4 is 17.6 Å². The van der Waals surface area contributed by atoms with Gasteiger partial charge in [0, 0.05) is 25.5 Å². The van der Waals surface area contributed by atoms with Crippen LogP contribution in [0.3, 0.4) is 0 Å². The number of hydrogen-bond acceptors (Lipinski definition) is 3. The molecule has 0 aliphatic rings. The number of carboxylic acids is 1. The highest BCUT2D eigenvalue weighted by atomic mass is 16.4. The molecule has 0 saturated heterocycles. The fraction of sp³-hybridized carbons (Fsp3) is 0.400. The lowest BCUT2D eigenvalue weighted by atomic mass is 10.2. The molecule has 2 N–H and O–H groups in total. The molecule has 7 nitrogen and oxygen atoms in total. The Kier molecular flexibility index (Phi) is 4.65. The van der Waals surface area contributed by atoms with Gasteiger partial charge < -0.3 is 19.7 Å². The van der Waals surface area contributed by atoms with E-state index < -0.39 is 11.9 Å². The van der Waals surface area contributed by atoms with Gasteiger partial charge in [-0.1, -0.05) is 13.0 Å². The monoisotopic (exact) mass is 304 g/mol. The molecular weight excluding hydrogens is 284 g/mol. The quantitative estimate of drug-likeness (QED) is 0.876. The van der Waals surface area contributed by atoms with E-state index in [0.717, 1.165) is 17.0 Å². The molecule has 2 aromatic rings. The van der Waals surface area contributed by atoms with Crippen molar-refractivity contribution in [3.05, 3.63) is 35.8 Å². The van der Waals surface area contributed by atoms with Gasteiger partial charge in [-0.25, -0.2) is 9.78 Å². The molecule has 0 fully saturated rings. The second-order valence-electron chi connectivity index (χ2n) is 5.41. The van der Waals surface area contributed by atoms with E-state index in [9.17, 15) is 9.59 Å². The summed E-state index contributed by atoms with van der Waals surface area (Å²) >= 11 is 0. The molecule has 1 atom stereocenters. The fourth-order valence-corrected chi connectivity index (χ4v) is 2.16. The van der Waals surface area contributed by atoms with Crippen LogP contribution in [0.5, 0.6) is 0 Å². The van der Waals surface area contributed by atoms with Crippen molar-refractivity contribution in [3.8, 4) is 0 Å². The van der Waals surface area contributed by atoms with Crippen LogP contribution < -0.4 is 5.32 Å². The van der Waals surface area contributed by atoms with Crippen molar-refractivity contribution in [1.82, 2.24) is 19.6 Å². The summed E-state index contributed by atoms with van der Waals surface area (Å²) in [6, 6.07) is 5.50. The lowest BCUT2D eigenvalue weighted by Gasteiger charge is -2.19. The van der Waals surface area contributed by atoms with E-state index >= 15 is 0 Å². The summed E-state index contributed by atoms with van der Waals surface area (Å²) in [7, 11) is 1.57. The number of aromatic nitrogens is 2. The summed E-state index contributed by atoms with van der Waals surface area (Å²) in [5, 5.41) is 11.6. The van der Waals surface area contributed by atoms with E-state index in [0.29, 0.717) is 6.54 Å². The van der Waals surface area contributed by atoms with Crippen LogP contribution in [0, 0.1) is 12.8 Å². The second-order valence-corrected chi connectivity index (χ2v) is 5.41. The molecule has 1 unspecified atom stereocenters.